The summed E-state index contributed by atoms with van der Waals surface area (Å²) in [5.41, 5.74) is 1.02. The van der Waals surface area contributed by atoms with E-state index in [2.05, 4.69) is 5.16 Å². The molecule has 0 aliphatic rings. The molecule has 0 aliphatic carbocycles. The van der Waals surface area contributed by atoms with Crippen LogP contribution >= 0.6 is 11.3 Å². The van der Waals surface area contributed by atoms with E-state index < -0.39 is 0 Å². The van der Waals surface area contributed by atoms with Gasteiger partial charge in [0.2, 0.25) is 0 Å². The van der Waals surface area contributed by atoms with Gasteiger partial charge < -0.3 is 4.84 Å². The van der Waals surface area contributed by atoms with Crippen molar-refractivity contribution in [3.63, 3.8) is 0 Å². The number of hydrogen-bond donors (Lipinski definition) is 0. The van der Waals surface area contributed by atoms with Gasteiger partial charge in [-0.2, -0.15) is 16.6 Å². The van der Waals surface area contributed by atoms with E-state index in [9.17, 15) is 0 Å². The molecule has 1 rings (SSSR count). The van der Waals surface area contributed by atoms with E-state index in [1.807, 2.05) is 22.9 Å². The van der Waals surface area contributed by atoms with Crippen LogP contribution in [0.5, 0.6) is 0 Å². The minimum absolute atomic E-state index is 0.358. The minimum atomic E-state index is 0.358. The van der Waals surface area contributed by atoms with E-state index in [1.54, 1.807) is 17.6 Å². The number of thiophene rings is 1. The van der Waals surface area contributed by atoms with E-state index >= 15 is 0 Å². The smallest absolute Gasteiger partial charge is 0.130 e. The van der Waals surface area contributed by atoms with E-state index in [1.165, 1.54) is 0 Å². The quantitative estimate of drug-likeness (QED) is 0.404. The summed E-state index contributed by atoms with van der Waals surface area (Å²) in [5, 5.41) is 15.8. The molecule has 0 amide bonds. The van der Waals surface area contributed by atoms with Gasteiger partial charge in [0.05, 0.1) is 18.7 Å². The van der Waals surface area contributed by atoms with E-state index in [-0.39, 0.29) is 0 Å². The van der Waals surface area contributed by atoms with Crippen molar-refractivity contribution in [3.8, 4) is 6.07 Å². The first-order chi connectivity index (χ1) is 5.93. The Labute approximate surface area is 74.9 Å². The van der Waals surface area contributed by atoms with Crippen LogP contribution < -0.4 is 0 Å². The van der Waals surface area contributed by atoms with Crippen LogP contribution in [0, 0.1) is 11.3 Å². The normalized spacial score (nSPS) is 9.92. The van der Waals surface area contributed by atoms with Crippen molar-refractivity contribution in [3.05, 3.63) is 22.4 Å². The summed E-state index contributed by atoms with van der Waals surface area (Å²) in [6.45, 7) is 0.358. The highest BCUT2D eigenvalue weighted by molar-refractivity contribution is 7.08. The lowest BCUT2D eigenvalue weighted by Gasteiger charge is -1.90. The van der Waals surface area contributed by atoms with Gasteiger partial charge in [0, 0.05) is 5.56 Å². The Morgan fingerprint density at radius 1 is 1.75 bits per heavy atom. The molecule has 1 aromatic rings. The lowest BCUT2D eigenvalue weighted by molar-refractivity contribution is 0.152. The summed E-state index contributed by atoms with van der Waals surface area (Å²) in [7, 11) is 0. The lowest BCUT2D eigenvalue weighted by atomic mass is 10.4. The highest BCUT2D eigenvalue weighted by Gasteiger charge is 1.85. The maximum atomic E-state index is 8.17. The zero-order valence-corrected chi connectivity index (χ0v) is 7.25. The third-order valence-electron chi connectivity index (χ3n) is 1.12. The summed E-state index contributed by atoms with van der Waals surface area (Å²) in [4.78, 5) is 4.80. The van der Waals surface area contributed by atoms with Gasteiger partial charge in [0.15, 0.2) is 0 Å². The molecule has 0 radical (unpaired) electrons. The predicted molar refractivity (Wildman–Crippen MR) is 48.1 cm³/mol. The van der Waals surface area contributed by atoms with Gasteiger partial charge >= 0.3 is 0 Å². The first-order valence-electron chi connectivity index (χ1n) is 3.48. The van der Waals surface area contributed by atoms with Crippen LogP contribution in [-0.4, -0.2) is 12.8 Å². The molecule has 3 nitrogen and oxygen atoms in total. The number of rotatable bonds is 4. The number of nitrogens with zero attached hydrogens (tertiary/aromatic N) is 2. The van der Waals surface area contributed by atoms with Crippen molar-refractivity contribution in [2.75, 3.05) is 6.61 Å². The lowest BCUT2D eigenvalue weighted by Crippen LogP contribution is -1.85. The molecule has 62 valence electrons. The highest BCUT2D eigenvalue weighted by Crippen LogP contribution is 2.02. The monoisotopic (exact) mass is 180 g/mol. The molecule has 0 unspecified atom stereocenters. The predicted octanol–water partition coefficient (Wildman–Crippen LogP) is 2.01. The van der Waals surface area contributed by atoms with Crippen LogP contribution in [0.3, 0.4) is 0 Å². The summed E-state index contributed by atoms with van der Waals surface area (Å²) >= 11 is 1.61. The topological polar surface area (TPSA) is 45.4 Å². The molecule has 1 aromatic heterocycles. The molecule has 0 N–H and O–H groups in total. The molecule has 4 heteroatoms. The standard InChI is InChI=1S/C8H8N2OS/c9-3-1-4-11-10-6-8-2-5-12-7-8/h2,5-7H,1,4H2/b10-6+. The molecule has 0 fully saturated rings. The molecule has 0 aromatic carbocycles. The molecule has 0 aliphatic heterocycles. The average molecular weight is 180 g/mol. The Hall–Kier alpha value is -1.34. The fraction of sp³-hybridized carbons (Fsp3) is 0.250. The van der Waals surface area contributed by atoms with Gasteiger partial charge in [-0.3, -0.25) is 0 Å². The van der Waals surface area contributed by atoms with Crippen LogP contribution in [0.15, 0.2) is 22.0 Å². The second-order valence-corrected chi connectivity index (χ2v) is 2.81. The third kappa shape index (κ3) is 3.17. The Morgan fingerprint density at radius 3 is 3.33 bits per heavy atom. The maximum absolute atomic E-state index is 8.17. The first kappa shape index (κ1) is 8.75. The molecular weight excluding hydrogens is 172 g/mol. The van der Waals surface area contributed by atoms with Crippen LogP contribution in [0.2, 0.25) is 0 Å². The van der Waals surface area contributed by atoms with Crippen LogP contribution in [-0.2, 0) is 4.84 Å². The Bertz CT molecular complexity index is 274. The minimum Gasteiger partial charge on any atom is -0.395 e. The molecular formula is C8H8N2OS. The SMILES string of the molecule is N#CCCO/N=C/c1ccsc1. The Morgan fingerprint density at radius 2 is 2.67 bits per heavy atom. The van der Waals surface area contributed by atoms with Crippen molar-refractivity contribution >= 4 is 17.6 Å². The van der Waals surface area contributed by atoms with Crippen molar-refractivity contribution < 1.29 is 4.84 Å². The van der Waals surface area contributed by atoms with Crippen LogP contribution in [0.4, 0.5) is 0 Å². The van der Waals surface area contributed by atoms with Crippen molar-refractivity contribution in [2.24, 2.45) is 5.16 Å². The average Bonchev–Trinajstić information content (AvgIpc) is 2.57. The van der Waals surface area contributed by atoms with Gasteiger partial charge in [-0.05, 0) is 16.8 Å². The van der Waals surface area contributed by atoms with Crippen LogP contribution in [0.25, 0.3) is 0 Å². The summed E-state index contributed by atoms with van der Waals surface area (Å²) in [6, 6.07) is 3.91. The maximum Gasteiger partial charge on any atom is 0.130 e. The van der Waals surface area contributed by atoms with Crippen molar-refractivity contribution in [2.45, 2.75) is 6.42 Å². The Balaban J connectivity index is 2.20. The van der Waals surface area contributed by atoms with E-state index in [4.69, 9.17) is 10.1 Å². The zero-order valence-electron chi connectivity index (χ0n) is 6.43. The second-order valence-electron chi connectivity index (χ2n) is 2.03. The number of oxime groups is 1. The van der Waals surface area contributed by atoms with Gasteiger partial charge in [0.1, 0.15) is 6.61 Å². The van der Waals surface area contributed by atoms with Gasteiger partial charge in [-0.25, -0.2) is 0 Å². The molecule has 0 atom stereocenters. The molecule has 0 spiro atoms. The summed E-state index contributed by atoms with van der Waals surface area (Å²) in [6.07, 6.45) is 2.01. The molecule has 0 saturated carbocycles. The zero-order chi connectivity index (χ0) is 8.65. The van der Waals surface area contributed by atoms with Gasteiger partial charge in [-0.15, -0.1) is 0 Å². The van der Waals surface area contributed by atoms with Gasteiger partial charge in [0.25, 0.3) is 0 Å². The number of hydrogen-bond acceptors (Lipinski definition) is 4. The fourth-order valence-electron chi connectivity index (χ4n) is 0.591. The summed E-state index contributed by atoms with van der Waals surface area (Å²) < 4.78 is 0. The summed E-state index contributed by atoms with van der Waals surface area (Å²) in [5.74, 6) is 0. The van der Waals surface area contributed by atoms with E-state index in [0.29, 0.717) is 13.0 Å². The molecule has 12 heavy (non-hydrogen) atoms. The Kier molecular flexibility index (Phi) is 3.89. The molecule has 1 heterocycles. The van der Waals surface area contributed by atoms with Crippen molar-refractivity contribution in [1.29, 1.82) is 5.26 Å². The third-order valence-corrected chi connectivity index (χ3v) is 1.83. The van der Waals surface area contributed by atoms with Crippen LogP contribution in [0.1, 0.15) is 12.0 Å². The van der Waals surface area contributed by atoms with E-state index in [0.717, 1.165) is 5.56 Å². The van der Waals surface area contributed by atoms with Gasteiger partial charge in [-0.1, -0.05) is 5.16 Å². The second kappa shape index (κ2) is 5.33. The fourth-order valence-corrected chi connectivity index (χ4v) is 1.20. The largest absolute Gasteiger partial charge is 0.395 e. The molecule has 0 saturated heterocycles. The number of nitriles is 1. The first-order valence-corrected chi connectivity index (χ1v) is 4.42. The highest BCUT2D eigenvalue weighted by atomic mass is 32.1. The van der Waals surface area contributed by atoms with Crippen molar-refractivity contribution in [1.82, 2.24) is 0 Å². The molecule has 0 bridgehead atoms.